The van der Waals surface area contributed by atoms with E-state index >= 15 is 0 Å². The van der Waals surface area contributed by atoms with Crippen LogP contribution in [0.3, 0.4) is 0 Å². The maximum atomic E-state index is 12.6. The predicted octanol–water partition coefficient (Wildman–Crippen LogP) is 3.97. The summed E-state index contributed by atoms with van der Waals surface area (Å²) >= 11 is 0. The van der Waals surface area contributed by atoms with Crippen LogP contribution < -0.4 is 5.32 Å². The lowest BCUT2D eigenvalue weighted by Gasteiger charge is -2.14. The Balaban J connectivity index is 2.84. The van der Waals surface area contributed by atoms with Crippen LogP contribution >= 0.6 is 0 Å². The number of sulfone groups is 1. The smallest absolute Gasteiger partial charge is 0.384 e. The number of unbranched alkanes of at least 4 members (excludes halogenated alkanes) is 3. The highest BCUT2D eigenvalue weighted by molar-refractivity contribution is 7.92. The largest absolute Gasteiger partial charge is 0.501 e. The lowest BCUT2D eigenvalue weighted by atomic mass is 10.2. The van der Waals surface area contributed by atoms with Crippen LogP contribution in [0, 0.1) is 0 Å². The van der Waals surface area contributed by atoms with Crippen molar-refractivity contribution in [2.45, 2.75) is 43.0 Å². The van der Waals surface area contributed by atoms with Crippen LogP contribution in [0.25, 0.3) is 0 Å². The van der Waals surface area contributed by atoms with Crippen LogP contribution in [0.5, 0.6) is 0 Å². The molecule has 1 aromatic carbocycles. The summed E-state index contributed by atoms with van der Waals surface area (Å²) in [6.45, 7) is 2.50. The second-order valence-corrected chi connectivity index (χ2v) is 6.34. The minimum absolute atomic E-state index is 0.00123. The highest BCUT2D eigenvalue weighted by Gasteiger charge is 2.47. The van der Waals surface area contributed by atoms with Gasteiger partial charge >= 0.3 is 5.51 Å². The summed E-state index contributed by atoms with van der Waals surface area (Å²) in [6.07, 6.45) is 3.84. The maximum Gasteiger partial charge on any atom is 0.501 e. The van der Waals surface area contributed by atoms with Crippen molar-refractivity contribution >= 4 is 15.5 Å². The van der Waals surface area contributed by atoms with Gasteiger partial charge in [-0.25, -0.2) is 8.42 Å². The molecule has 1 rings (SSSR count). The lowest BCUT2D eigenvalue weighted by Crippen LogP contribution is -2.24. The molecule has 0 fully saturated rings. The molecule has 0 aliphatic rings. The standard InChI is InChI=1S/C13H18F3NO2S/c1-2-3-4-7-10-17-11-8-5-6-9-12(11)20(18,19)13(14,15)16/h5-6,8-9,17H,2-4,7,10H2,1H3. The zero-order chi connectivity index (χ0) is 15.2. The Morgan fingerprint density at radius 2 is 1.75 bits per heavy atom. The molecular weight excluding hydrogens is 291 g/mol. The van der Waals surface area contributed by atoms with E-state index in [2.05, 4.69) is 12.2 Å². The third kappa shape index (κ3) is 4.13. The van der Waals surface area contributed by atoms with E-state index in [0.717, 1.165) is 31.7 Å². The Kier molecular flexibility index (Phi) is 5.86. The van der Waals surface area contributed by atoms with Gasteiger partial charge in [-0.3, -0.25) is 0 Å². The Morgan fingerprint density at radius 1 is 1.10 bits per heavy atom. The highest BCUT2D eigenvalue weighted by Crippen LogP contribution is 2.34. The molecule has 3 nitrogen and oxygen atoms in total. The van der Waals surface area contributed by atoms with Gasteiger partial charge in [-0.05, 0) is 18.6 Å². The van der Waals surface area contributed by atoms with Crippen LogP contribution in [0.4, 0.5) is 18.9 Å². The van der Waals surface area contributed by atoms with Crippen molar-refractivity contribution in [3.05, 3.63) is 24.3 Å². The molecule has 0 bridgehead atoms. The SMILES string of the molecule is CCCCCCNc1ccccc1S(=O)(=O)C(F)(F)F. The van der Waals surface area contributed by atoms with Crippen LogP contribution in [-0.4, -0.2) is 20.5 Å². The zero-order valence-corrected chi connectivity index (χ0v) is 12.0. The molecule has 0 unspecified atom stereocenters. The fourth-order valence-corrected chi connectivity index (χ4v) is 2.68. The van der Waals surface area contributed by atoms with Crippen LogP contribution in [-0.2, 0) is 9.84 Å². The van der Waals surface area contributed by atoms with Crippen molar-refractivity contribution in [3.8, 4) is 0 Å². The van der Waals surface area contributed by atoms with E-state index in [9.17, 15) is 21.6 Å². The van der Waals surface area contributed by atoms with Gasteiger partial charge in [0.1, 0.15) is 0 Å². The molecule has 0 aromatic heterocycles. The van der Waals surface area contributed by atoms with E-state index in [1.165, 1.54) is 18.2 Å². The Bertz CT molecular complexity index is 527. The second kappa shape index (κ2) is 6.97. The number of benzene rings is 1. The molecule has 114 valence electrons. The zero-order valence-electron chi connectivity index (χ0n) is 11.2. The number of halogens is 3. The summed E-state index contributed by atoms with van der Waals surface area (Å²) in [6, 6.07) is 5.10. The molecule has 0 amide bonds. The molecule has 0 radical (unpaired) electrons. The molecule has 0 aliphatic carbocycles. The van der Waals surface area contributed by atoms with Crippen molar-refractivity contribution in [3.63, 3.8) is 0 Å². The number of hydrogen-bond acceptors (Lipinski definition) is 3. The minimum Gasteiger partial charge on any atom is -0.384 e. The average molecular weight is 309 g/mol. The van der Waals surface area contributed by atoms with Crippen LogP contribution in [0.15, 0.2) is 29.2 Å². The van der Waals surface area contributed by atoms with Gasteiger partial charge in [0.05, 0.1) is 10.6 Å². The Labute approximate surface area is 117 Å². The first-order valence-corrected chi connectivity index (χ1v) is 7.93. The van der Waals surface area contributed by atoms with Gasteiger partial charge in [-0.15, -0.1) is 0 Å². The van der Waals surface area contributed by atoms with E-state index in [4.69, 9.17) is 0 Å². The lowest BCUT2D eigenvalue weighted by molar-refractivity contribution is -0.0435. The number of alkyl halides is 3. The fourth-order valence-electron chi connectivity index (χ4n) is 1.75. The monoisotopic (exact) mass is 309 g/mol. The van der Waals surface area contributed by atoms with Crippen LogP contribution in [0.1, 0.15) is 32.6 Å². The Hall–Kier alpha value is -1.24. The van der Waals surface area contributed by atoms with Gasteiger partial charge in [0.2, 0.25) is 0 Å². The Morgan fingerprint density at radius 3 is 2.35 bits per heavy atom. The van der Waals surface area contributed by atoms with Gasteiger partial charge < -0.3 is 5.32 Å². The van der Waals surface area contributed by atoms with Crippen molar-refractivity contribution in [2.75, 3.05) is 11.9 Å². The van der Waals surface area contributed by atoms with Crippen molar-refractivity contribution in [1.29, 1.82) is 0 Å². The third-order valence-corrected chi connectivity index (χ3v) is 4.37. The van der Waals surface area contributed by atoms with Gasteiger partial charge in [0.25, 0.3) is 9.84 Å². The van der Waals surface area contributed by atoms with Gasteiger partial charge in [0, 0.05) is 6.54 Å². The molecule has 0 saturated heterocycles. The average Bonchev–Trinajstić information content (AvgIpc) is 2.37. The van der Waals surface area contributed by atoms with Gasteiger partial charge in [-0.2, -0.15) is 13.2 Å². The molecule has 0 aliphatic heterocycles. The molecule has 1 aromatic rings. The van der Waals surface area contributed by atoms with E-state index in [-0.39, 0.29) is 5.69 Å². The molecule has 1 N–H and O–H groups in total. The first-order valence-electron chi connectivity index (χ1n) is 6.45. The van der Waals surface area contributed by atoms with E-state index in [1.807, 2.05) is 0 Å². The first-order chi connectivity index (χ1) is 9.30. The second-order valence-electron chi connectivity index (χ2n) is 4.43. The topological polar surface area (TPSA) is 46.2 Å². The molecule has 20 heavy (non-hydrogen) atoms. The normalized spacial score (nSPS) is 12.4. The molecule has 0 spiro atoms. The third-order valence-electron chi connectivity index (χ3n) is 2.83. The van der Waals surface area contributed by atoms with Gasteiger partial charge in [-0.1, -0.05) is 38.3 Å². The number of para-hydroxylation sites is 1. The summed E-state index contributed by atoms with van der Waals surface area (Å²) in [7, 11) is -5.32. The molecule has 0 saturated carbocycles. The molecule has 0 atom stereocenters. The summed E-state index contributed by atoms with van der Waals surface area (Å²) < 4.78 is 60.6. The van der Waals surface area contributed by atoms with Crippen LogP contribution in [0.2, 0.25) is 0 Å². The number of rotatable bonds is 7. The maximum absolute atomic E-state index is 12.6. The molecule has 7 heteroatoms. The van der Waals surface area contributed by atoms with Crippen molar-refractivity contribution in [1.82, 2.24) is 0 Å². The number of nitrogens with one attached hydrogen (secondary N) is 1. The first kappa shape index (κ1) is 16.8. The highest BCUT2D eigenvalue weighted by atomic mass is 32.2. The molecule has 0 heterocycles. The summed E-state index contributed by atoms with van der Waals surface area (Å²) in [5.74, 6) is 0. The predicted molar refractivity (Wildman–Crippen MR) is 72.3 cm³/mol. The number of anilines is 1. The van der Waals surface area contributed by atoms with E-state index < -0.39 is 20.2 Å². The van der Waals surface area contributed by atoms with Crippen molar-refractivity contribution in [2.24, 2.45) is 0 Å². The summed E-state index contributed by atoms with van der Waals surface area (Å²) in [4.78, 5) is -0.719. The summed E-state index contributed by atoms with van der Waals surface area (Å²) in [5, 5.41) is 2.77. The fraction of sp³-hybridized carbons (Fsp3) is 0.538. The van der Waals surface area contributed by atoms with E-state index in [1.54, 1.807) is 0 Å². The minimum atomic E-state index is -5.32. The number of hydrogen-bond donors (Lipinski definition) is 1. The summed E-state index contributed by atoms with van der Waals surface area (Å²) in [5.41, 5.74) is -5.28. The van der Waals surface area contributed by atoms with Gasteiger partial charge in [0.15, 0.2) is 0 Å². The van der Waals surface area contributed by atoms with Crippen molar-refractivity contribution < 1.29 is 21.6 Å². The quantitative estimate of drug-likeness (QED) is 0.775. The van der Waals surface area contributed by atoms with E-state index in [0.29, 0.717) is 6.54 Å². The molecular formula is C13H18F3NO2S.